The number of hydrogen-bond acceptors (Lipinski definition) is 2. The predicted molar refractivity (Wildman–Crippen MR) is 84.1 cm³/mol. The first-order valence-electron chi connectivity index (χ1n) is 6.71. The van der Waals surface area contributed by atoms with Crippen LogP contribution in [0.15, 0.2) is 42.5 Å². The summed E-state index contributed by atoms with van der Waals surface area (Å²) in [5, 5.41) is 1.75. The monoisotopic (exact) mass is 282 g/mol. The molecule has 0 bridgehead atoms. The van der Waals surface area contributed by atoms with Crippen molar-refractivity contribution in [1.29, 1.82) is 0 Å². The molecule has 0 saturated heterocycles. The van der Waals surface area contributed by atoms with Crippen LogP contribution in [0.1, 0.15) is 18.2 Å². The van der Waals surface area contributed by atoms with Gasteiger partial charge < -0.3 is 0 Å². The fourth-order valence-electron chi connectivity index (χ4n) is 2.37. The zero-order valence-electron chi connectivity index (χ0n) is 11.5. The Bertz CT molecular complexity index is 781. The molecule has 2 aromatic heterocycles. The summed E-state index contributed by atoms with van der Waals surface area (Å²) in [6.07, 6.45) is 0.917. The molecule has 0 spiro atoms. The van der Waals surface area contributed by atoms with Gasteiger partial charge in [-0.05, 0) is 43.2 Å². The van der Waals surface area contributed by atoms with E-state index in [1.807, 2.05) is 43.3 Å². The minimum Gasteiger partial charge on any atom is -0.251 e. The van der Waals surface area contributed by atoms with E-state index < -0.39 is 0 Å². The smallest absolute Gasteiger partial charge is 0.0926 e. The van der Waals surface area contributed by atoms with Gasteiger partial charge in [-0.1, -0.05) is 36.7 Å². The Balaban J connectivity index is 2.31. The molecule has 2 nitrogen and oxygen atoms in total. The van der Waals surface area contributed by atoms with Crippen molar-refractivity contribution in [2.45, 2.75) is 20.3 Å². The van der Waals surface area contributed by atoms with Gasteiger partial charge in [0.2, 0.25) is 0 Å². The predicted octanol–water partition coefficient (Wildman–Crippen LogP) is 4.82. The Morgan fingerprint density at radius 1 is 1.05 bits per heavy atom. The quantitative estimate of drug-likeness (QED) is 0.673. The molecule has 100 valence electrons. The van der Waals surface area contributed by atoms with Crippen molar-refractivity contribution >= 4 is 22.5 Å². The molecule has 0 aliphatic carbocycles. The number of fused-ring (bicyclic) bond motifs is 1. The Morgan fingerprint density at radius 3 is 2.60 bits per heavy atom. The maximum Gasteiger partial charge on any atom is 0.0926 e. The highest BCUT2D eigenvalue weighted by Gasteiger charge is 2.11. The standard InChI is InChI=1S/C17H15ClN2/c1-3-12-10-13-7-5-8-14(18)16(13)20-17(12)15-9-4-6-11(2)19-15/h4-10H,3H2,1-2H3. The average molecular weight is 283 g/mol. The van der Waals surface area contributed by atoms with Crippen molar-refractivity contribution in [2.24, 2.45) is 0 Å². The van der Waals surface area contributed by atoms with Crippen molar-refractivity contribution in [2.75, 3.05) is 0 Å². The van der Waals surface area contributed by atoms with Gasteiger partial charge in [0.15, 0.2) is 0 Å². The molecule has 1 aromatic carbocycles. The Hall–Kier alpha value is -1.93. The summed E-state index contributed by atoms with van der Waals surface area (Å²) >= 11 is 6.26. The third kappa shape index (κ3) is 2.27. The first-order valence-corrected chi connectivity index (χ1v) is 7.09. The normalized spacial score (nSPS) is 10.9. The van der Waals surface area contributed by atoms with Gasteiger partial charge in [-0.2, -0.15) is 0 Å². The zero-order chi connectivity index (χ0) is 14.1. The molecule has 0 aliphatic rings. The Kier molecular flexibility index (Phi) is 3.41. The first-order chi connectivity index (χ1) is 9.69. The number of para-hydroxylation sites is 1. The lowest BCUT2D eigenvalue weighted by molar-refractivity contribution is 1.10. The summed E-state index contributed by atoms with van der Waals surface area (Å²) in [6, 6.07) is 14.0. The molecule has 0 saturated carbocycles. The van der Waals surface area contributed by atoms with Crippen LogP contribution in [0, 0.1) is 6.92 Å². The number of aromatic nitrogens is 2. The van der Waals surface area contributed by atoms with Crippen LogP contribution in [0.3, 0.4) is 0 Å². The van der Waals surface area contributed by atoms with Gasteiger partial charge in [0.25, 0.3) is 0 Å². The van der Waals surface area contributed by atoms with E-state index in [0.29, 0.717) is 5.02 Å². The van der Waals surface area contributed by atoms with E-state index in [4.69, 9.17) is 16.6 Å². The summed E-state index contributed by atoms with van der Waals surface area (Å²) in [5.74, 6) is 0. The highest BCUT2D eigenvalue weighted by atomic mass is 35.5. The van der Waals surface area contributed by atoms with E-state index in [-0.39, 0.29) is 0 Å². The minimum absolute atomic E-state index is 0.680. The van der Waals surface area contributed by atoms with E-state index in [1.54, 1.807) is 0 Å². The van der Waals surface area contributed by atoms with Gasteiger partial charge in [-0.25, -0.2) is 4.98 Å². The second-order valence-corrected chi connectivity index (χ2v) is 5.23. The lowest BCUT2D eigenvalue weighted by atomic mass is 10.0. The fourth-order valence-corrected chi connectivity index (χ4v) is 2.60. The third-order valence-corrected chi connectivity index (χ3v) is 3.69. The SMILES string of the molecule is CCc1cc2cccc(Cl)c2nc1-c1cccc(C)n1. The largest absolute Gasteiger partial charge is 0.251 e. The number of pyridine rings is 2. The van der Waals surface area contributed by atoms with Crippen LogP contribution in [-0.4, -0.2) is 9.97 Å². The average Bonchev–Trinajstić information content (AvgIpc) is 2.46. The molecule has 3 aromatic rings. The molecule has 20 heavy (non-hydrogen) atoms. The molecule has 0 unspecified atom stereocenters. The van der Waals surface area contributed by atoms with Crippen LogP contribution in [0.2, 0.25) is 5.02 Å². The van der Waals surface area contributed by atoms with Gasteiger partial charge in [0, 0.05) is 11.1 Å². The lowest BCUT2D eigenvalue weighted by Crippen LogP contribution is -1.96. The lowest BCUT2D eigenvalue weighted by Gasteiger charge is -2.10. The number of benzene rings is 1. The number of aryl methyl sites for hydroxylation is 2. The molecular formula is C17H15ClN2. The van der Waals surface area contributed by atoms with Gasteiger partial charge in [0.05, 0.1) is 21.9 Å². The second-order valence-electron chi connectivity index (χ2n) is 4.83. The summed E-state index contributed by atoms with van der Waals surface area (Å²) < 4.78 is 0. The highest BCUT2D eigenvalue weighted by molar-refractivity contribution is 6.35. The second kappa shape index (κ2) is 5.22. The molecule has 0 radical (unpaired) electrons. The van der Waals surface area contributed by atoms with Gasteiger partial charge in [-0.15, -0.1) is 0 Å². The van der Waals surface area contributed by atoms with Crippen LogP contribution in [0.5, 0.6) is 0 Å². The van der Waals surface area contributed by atoms with Crippen LogP contribution >= 0.6 is 11.6 Å². The maximum atomic E-state index is 6.26. The van der Waals surface area contributed by atoms with Crippen molar-refractivity contribution in [3.63, 3.8) is 0 Å². The molecule has 0 atom stereocenters. The summed E-state index contributed by atoms with van der Waals surface area (Å²) in [5.41, 5.74) is 4.86. The Labute approximate surface area is 123 Å². The number of rotatable bonds is 2. The van der Waals surface area contributed by atoms with Crippen molar-refractivity contribution in [3.8, 4) is 11.4 Å². The van der Waals surface area contributed by atoms with Crippen LogP contribution in [0.4, 0.5) is 0 Å². The van der Waals surface area contributed by atoms with E-state index in [1.165, 1.54) is 5.56 Å². The molecule has 2 heterocycles. The number of nitrogens with zero attached hydrogens (tertiary/aromatic N) is 2. The van der Waals surface area contributed by atoms with Crippen molar-refractivity contribution < 1.29 is 0 Å². The van der Waals surface area contributed by atoms with Crippen molar-refractivity contribution in [3.05, 3.63) is 58.7 Å². The fraction of sp³-hybridized carbons (Fsp3) is 0.176. The zero-order valence-corrected chi connectivity index (χ0v) is 12.3. The first kappa shape index (κ1) is 13.1. The third-order valence-electron chi connectivity index (χ3n) is 3.39. The van der Waals surface area contributed by atoms with Crippen LogP contribution < -0.4 is 0 Å². The maximum absolute atomic E-state index is 6.26. The van der Waals surface area contributed by atoms with E-state index in [2.05, 4.69) is 18.0 Å². The number of hydrogen-bond donors (Lipinski definition) is 0. The molecule has 0 N–H and O–H groups in total. The Morgan fingerprint density at radius 2 is 1.85 bits per heavy atom. The highest BCUT2D eigenvalue weighted by Crippen LogP contribution is 2.28. The summed E-state index contributed by atoms with van der Waals surface area (Å²) in [4.78, 5) is 9.35. The van der Waals surface area contributed by atoms with E-state index in [9.17, 15) is 0 Å². The van der Waals surface area contributed by atoms with Gasteiger partial charge in [0.1, 0.15) is 0 Å². The van der Waals surface area contributed by atoms with Crippen LogP contribution in [0.25, 0.3) is 22.3 Å². The molecule has 3 heteroatoms. The number of halogens is 1. The van der Waals surface area contributed by atoms with Crippen LogP contribution in [-0.2, 0) is 6.42 Å². The van der Waals surface area contributed by atoms with E-state index >= 15 is 0 Å². The van der Waals surface area contributed by atoms with Gasteiger partial charge >= 0.3 is 0 Å². The molecule has 0 aliphatic heterocycles. The van der Waals surface area contributed by atoms with E-state index in [0.717, 1.165) is 34.4 Å². The molecule has 3 rings (SSSR count). The van der Waals surface area contributed by atoms with Crippen molar-refractivity contribution in [1.82, 2.24) is 9.97 Å². The molecule has 0 fully saturated rings. The topological polar surface area (TPSA) is 25.8 Å². The minimum atomic E-state index is 0.680. The molecule has 0 amide bonds. The van der Waals surface area contributed by atoms with Gasteiger partial charge in [-0.3, -0.25) is 4.98 Å². The summed E-state index contributed by atoms with van der Waals surface area (Å²) in [6.45, 7) is 4.12. The summed E-state index contributed by atoms with van der Waals surface area (Å²) in [7, 11) is 0. The molecular weight excluding hydrogens is 268 g/mol.